The molecule has 0 saturated carbocycles. The van der Waals surface area contributed by atoms with Crippen molar-refractivity contribution in [2.75, 3.05) is 39.3 Å². The highest BCUT2D eigenvalue weighted by atomic mass is 16.5. The lowest BCUT2D eigenvalue weighted by Gasteiger charge is -2.38. The number of piperazine rings is 1. The lowest BCUT2D eigenvalue weighted by Crippen LogP contribution is -2.51. The molecule has 94 valence electrons. The maximum atomic E-state index is 5.80. The summed E-state index contributed by atoms with van der Waals surface area (Å²) in [5.41, 5.74) is 0. The molecule has 1 atom stereocenters. The smallest absolute Gasteiger partial charge is 0.0702 e. The predicted octanol–water partition coefficient (Wildman–Crippen LogP) is 1.58. The van der Waals surface area contributed by atoms with Crippen LogP contribution in [0.3, 0.4) is 0 Å². The van der Waals surface area contributed by atoms with Gasteiger partial charge < -0.3 is 4.74 Å². The van der Waals surface area contributed by atoms with Gasteiger partial charge in [-0.15, -0.1) is 0 Å². The van der Waals surface area contributed by atoms with Gasteiger partial charge in [-0.2, -0.15) is 0 Å². The molecule has 0 bridgehead atoms. The van der Waals surface area contributed by atoms with E-state index in [0.29, 0.717) is 12.1 Å². The lowest BCUT2D eigenvalue weighted by atomic mass is 10.1. The average molecular weight is 226 g/mol. The molecule has 0 aromatic heterocycles. The second kappa shape index (κ2) is 5.99. The predicted molar refractivity (Wildman–Crippen MR) is 66.7 cm³/mol. The Balaban J connectivity index is 1.68. The van der Waals surface area contributed by atoms with Crippen molar-refractivity contribution in [2.24, 2.45) is 0 Å². The second-order valence-electron chi connectivity index (χ2n) is 5.42. The Labute approximate surface area is 99.7 Å². The molecule has 0 N–H and O–H groups in total. The zero-order valence-corrected chi connectivity index (χ0v) is 10.8. The van der Waals surface area contributed by atoms with Crippen LogP contribution in [-0.2, 0) is 4.74 Å². The van der Waals surface area contributed by atoms with Crippen molar-refractivity contribution in [3.05, 3.63) is 0 Å². The Morgan fingerprint density at radius 1 is 1.12 bits per heavy atom. The Morgan fingerprint density at radius 2 is 1.88 bits per heavy atom. The molecule has 0 spiro atoms. The quantitative estimate of drug-likeness (QED) is 0.727. The van der Waals surface area contributed by atoms with E-state index in [4.69, 9.17) is 4.74 Å². The number of ether oxygens (including phenoxy) is 1. The van der Waals surface area contributed by atoms with Gasteiger partial charge in [-0.25, -0.2) is 0 Å². The average Bonchev–Trinajstić information content (AvgIpc) is 2.31. The molecule has 0 amide bonds. The van der Waals surface area contributed by atoms with Gasteiger partial charge in [0.1, 0.15) is 0 Å². The number of nitrogens with zero attached hydrogens (tertiary/aromatic N) is 2. The summed E-state index contributed by atoms with van der Waals surface area (Å²) in [6.07, 6.45) is 4.40. The normalized spacial score (nSPS) is 29.8. The van der Waals surface area contributed by atoms with Crippen LogP contribution in [0.25, 0.3) is 0 Å². The van der Waals surface area contributed by atoms with E-state index in [1.54, 1.807) is 0 Å². The van der Waals surface area contributed by atoms with Crippen LogP contribution < -0.4 is 0 Å². The largest absolute Gasteiger partial charge is 0.377 e. The number of hydrogen-bond donors (Lipinski definition) is 0. The molecule has 2 aliphatic heterocycles. The van der Waals surface area contributed by atoms with Gasteiger partial charge in [0.05, 0.1) is 6.10 Å². The first-order chi connectivity index (χ1) is 7.75. The van der Waals surface area contributed by atoms with Crippen molar-refractivity contribution in [1.82, 2.24) is 9.80 Å². The van der Waals surface area contributed by atoms with E-state index in [0.717, 1.165) is 13.2 Å². The van der Waals surface area contributed by atoms with Crippen molar-refractivity contribution in [1.29, 1.82) is 0 Å². The third-order valence-corrected chi connectivity index (χ3v) is 3.87. The Morgan fingerprint density at radius 3 is 2.44 bits per heavy atom. The molecular weight excluding hydrogens is 200 g/mol. The minimum Gasteiger partial charge on any atom is -0.377 e. The highest BCUT2D eigenvalue weighted by Crippen LogP contribution is 2.15. The van der Waals surface area contributed by atoms with Crippen molar-refractivity contribution in [3.8, 4) is 0 Å². The van der Waals surface area contributed by atoms with Crippen LogP contribution in [0.4, 0.5) is 0 Å². The first kappa shape index (κ1) is 12.3. The van der Waals surface area contributed by atoms with Gasteiger partial charge >= 0.3 is 0 Å². The Bertz CT molecular complexity index is 194. The molecule has 0 radical (unpaired) electrons. The highest BCUT2D eigenvalue weighted by molar-refractivity contribution is 4.77. The molecule has 2 rings (SSSR count). The van der Waals surface area contributed by atoms with Crippen molar-refractivity contribution >= 4 is 0 Å². The zero-order chi connectivity index (χ0) is 11.4. The van der Waals surface area contributed by atoms with Crippen LogP contribution in [-0.4, -0.2) is 61.3 Å². The van der Waals surface area contributed by atoms with Crippen molar-refractivity contribution in [2.45, 2.75) is 45.3 Å². The van der Waals surface area contributed by atoms with E-state index in [1.165, 1.54) is 45.4 Å². The third kappa shape index (κ3) is 3.44. The van der Waals surface area contributed by atoms with Crippen LogP contribution in [0.1, 0.15) is 33.1 Å². The third-order valence-electron chi connectivity index (χ3n) is 3.87. The van der Waals surface area contributed by atoms with Crippen molar-refractivity contribution in [3.63, 3.8) is 0 Å². The number of rotatable bonds is 3. The van der Waals surface area contributed by atoms with Crippen LogP contribution >= 0.6 is 0 Å². The van der Waals surface area contributed by atoms with E-state index >= 15 is 0 Å². The highest BCUT2D eigenvalue weighted by Gasteiger charge is 2.22. The molecule has 2 aliphatic rings. The summed E-state index contributed by atoms with van der Waals surface area (Å²) in [6, 6.07) is 0.702. The summed E-state index contributed by atoms with van der Waals surface area (Å²) >= 11 is 0. The van der Waals surface area contributed by atoms with Crippen molar-refractivity contribution < 1.29 is 4.74 Å². The van der Waals surface area contributed by atoms with Crippen LogP contribution in [0, 0.1) is 0 Å². The molecule has 16 heavy (non-hydrogen) atoms. The first-order valence-electron chi connectivity index (χ1n) is 6.83. The van der Waals surface area contributed by atoms with Gasteiger partial charge in [0.15, 0.2) is 0 Å². The van der Waals surface area contributed by atoms with E-state index in [1.807, 2.05) is 0 Å². The summed E-state index contributed by atoms with van der Waals surface area (Å²) in [5, 5.41) is 0. The van der Waals surface area contributed by atoms with Crippen LogP contribution in [0.15, 0.2) is 0 Å². The fourth-order valence-corrected chi connectivity index (χ4v) is 2.70. The van der Waals surface area contributed by atoms with E-state index in [9.17, 15) is 0 Å². The molecule has 3 nitrogen and oxygen atoms in total. The summed E-state index contributed by atoms with van der Waals surface area (Å²) in [7, 11) is 0. The van der Waals surface area contributed by atoms with Gasteiger partial charge in [-0.3, -0.25) is 9.80 Å². The summed E-state index contributed by atoms with van der Waals surface area (Å²) in [5.74, 6) is 0. The van der Waals surface area contributed by atoms with Gasteiger partial charge in [0.2, 0.25) is 0 Å². The fourth-order valence-electron chi connectivity index (χ4n) is 2.70. The van der Waals surface area contributed by atoms with Gasteiger partial charge in [-0.1, -0.05) is 0 Å². The molecule has 0 aromatic rings. The Kier molecular flexibility index (Phi) is 4.62. The summed E-state index contributed by atoms with van der Waals surface area (Å²) < 4.78 is 5.80. The topological polar surface area (TPSA) is 15.7 Å². The fraction of sp³-hybridized carbons (Fsp3) is 1.00. The Hall–Kier alpha value is -0.120. The van der Waals surface area contributed by atoms with Crippen LogP contribution in [0.5, 0.6) is 0 Å². The van der Waals surface area contributed by atoms with Gasteiger partial charge in [-0.05, 0) is 33.1 Å². The SMILES string of the molecule is CC(C)N1CCN(C[C@H]2CCCCO2)CC1. The van der Waals surface area contributed by atoms with Crippen LogP contribution in [0.2, 0.25) is 0 Å². The van der Waals surface area contributed by atoms with Gasteiger partial charge in [0.25, 0.3) is 0 Å². The monoisotopic (exact) mass is 226 g/mol. The zero-order valence-electron chi connectivity index (χ0n) is 10.8. The molecule has 0 unspecified atom stereocenters. The first-order valence-corrected chi connectivity index (χ1v) is 6.83. The van der Waals surface area contributed by atoms with E-state index in [2.05, 4.69) is 23.6 Å². The maximum Gasteiger partial charge on any atom is 0.0702 e. The molecule has 3 heteroatoms. The molecular formula is C13H26N2O. The molecule has 2 heterocycles. The minimum atomic E-state index is 0.513. The second-order valence-corrected chi connectivity index (χ2v) is 5.42. The molecule has 2 saturated heterocycles. The lowest BCUT2D eigenvalue weighted by molar-refractivity contribution is -0.0159. The van der Waals surface area contributed by atoms with E-state index < -0.39 is 0 Å². The maximum absolute atomic E-state index is 5.80. The minimum absolute atomic E-state index is 0.513. The van der Waals surface area contributed by atoms with Gasteiger partial charge in [0, 0.05) is 45.4 Å². The molecule has 2 fully saturated rings. The summed E-state index contributed by atoms with van der Waals surface area (Å²) in [6.45, 7) is 11.6. The van der Waals surface area contributed by atoms with E-state index in [-0.39, 0.29) is 0 Å². The molecule has 0 aromatic carbocycles. The standard InChI is InChI=1S/C13H26N2O/c1-12(2)15-8-6-14(7-9-15)11-13-5-3-4-10-16-13/h12-13H,3-11H2,1-2H3/t13-/m1/s1. The number of hydrogen-bond acceptors (Lipinski definition) is 3. The summed E-state index contributed by atoms with van der Waals surface area (Å²) in [4.78, 5) is 5.15. The molecule has 0 aliphatic carbocycles.